The summed E-state index contributed by atoms with van der Waals surface area (Å²) in [6, 6.07) is 13.2. The van der Waals surface area contributed by atoms with Gasteiger partial charge in [0.05, 0.1) is 9.82 Å². The van der Waals surface area contributed by atoms with Crippen molar-refractivity contribution in [2.75, 3.05) is 13.1 Å². The number of hydrogen-bond donors (Lipinski definition) is 1. The fraction of sp³-hybridized carbons (Fsp3) is 0.333. The van der Waals surface area contributed by atoms with Crippen LogP contribution in [-0.4, -0.2) is 30.7 Å². The lowest BCUT2D eigenvalue weighted by Gasteiger charge is -2.18. The molecule has 8 heteroatoms. The van der Waals surface area contributed by atoms with Crippen LogP contribution in [0.25, 0.3) is 0 Å². The van der Waals surface area contributed by atoms with Crippen LogP contribution in [0.1, 0.15) is 25.0 Å². The molecule has 0 unspecified atom stereocenters. The molecular formula is C18H23N3O4S. The van der Waals surface area contributed by atoms with Crippen LogP contribution >= 0.6 is 0 Å². The summed E-state index contributed by atoms with van der Waals surface area (Å²) in [5, 5.41) is 14.0. The molecule has 0 bridgehead atoms. The van der Waals surface area contributed by atoms with E-state index >= 15 is 0 Å². The van der Waals surface area contributed by atoms with Gasteiger partial charge in [-0.05, 0) is 23.3 Å². The zero-order valence-electron chi connectivity index (χ0n) is 14.9. The van der Waals surface area contributed by atoms with E-state index in [0.717, 1.165) is 11.1 Å². The molecule has 0 atom stereocenters. The van der Waals surface area contributed by atoms with Gasteiger partial charge < -0.3 is 5.32 Å². The second-order valence-corrected chi connectivity index (χ2v) is 7.70. The van der Waals surface area contributed by atoms with Crippen LogP contribution in [-0.2, 0) is 23.1 Å². The number of nitro groups is 1. The normalized spacial score (nSPS) is 11.7. The summed E-state index contributed by atoms with van der Waals surface area (Å²) in [7, 11) is -3.45. The number of nitrogens with zero attached hydrogens (tertiary/aromatic N) is 2. The Morgan fingerprint density at radius 1 is 1.00 bits per heavy atom. The highest BCUT2D eigenvalue weighted by Gasteiger charge is 2.21. The minimum atomic E-state index is -3.45. The third-order valence-electron chi connectivity index (χ3n) is 4.05. The third kappa shape index (κ3) is 4.87. The van der Waals surface area contributed by atoms with E-state index in [2.05, 4.69) is 5.32 Å². The molecule has 0 aliphatic rings. The van der Waals surface area contributed by atoms with E-state index in [-0.39, 0.29) is 10.6 Å². The number of nitrogens with one attached hydrogen (secondary N) is 1. The molecule has 0 aliphatic heterocycles. The third-order valence-corrected chi connectivity index (χ3v) is 6.11. The van der Waals surface area contributed by atoms with Crippen LogP contribution in [0, 0.1) is 10.1 Å². The number of nitro benzene ring substituents is 1. The van der Waals surface area contributed by atoms with Crippen molar-refractivity contribution in [3.05, 3.63) is 69.8 Å². The molecule has 7 nitrogen and oxygen atoms in total. The summed E-state index contributed by atoms with van der Waals surface area (Å²) in [5.74, 6) is 0. The minimum Gasteiger partial charge on any atom is -0.309 e. The lowest BCUT2D eigenvalue weighted by Crippen LogP contribution is -2.30. The summed E-state index contributed by atoms with van der Waals surface area (Å²) in [5.41, 5.74) is 1.82. The van der Waals surface area contributed by atoms with Crippen molar-refractivity contribution < 1.29 is 13.3 Å². The van der Waals surface area contributed by atoms with Crippen LogP contribution in [0.5, 0.6) is 0 Å². The van der Waals surface area contributed by atoms with Crippen LogP contribution < -0.4 is 5.32 Å². The summed E-state index contributed by atoms with van der Waals surface area (Å²) >= 11 is 0. The topological polar surface area (TPSA) is 92.6 Å². The minimum absolute atomic E-state index is 0.0651. The highest BCUT2D eigenvalue weighted by Crippen LogP contribution is 2.16. The summed E-state index contributed by atoms with van der Waals surface area (Å²) in [6.07, 6.45) is 0. The van der Waals surface area contributed by atoms with E-state index in [9.17, 15) is 18.5 Å². The molecule has 2 aromatic rings. The van der Waals surface area contributed by atoms with E-state index in [0.29, 0.717) is 26.2 Å². The van der Waals surface area contributed by atoms with Gasteiger partial charge in [0.15, 0.2) is 0 Å². The Balaban J connectivity index is 1.98. The first kappa shape index (κ1) is 20.0. The fourth-order valence-corrected chi connectivity index (χ4v) is 4.08. The number of benzene rings is 2. The van der Waals surface area contributed by atoms with Gasteiger partial charge >= 0.3 is 0 Å². The predicted octanol–water partition coefficient (Wildman–Crippen LogP) is 2.92. The lowest BCUT2D eigenvalue weighted by molar-refractivity contribution is -0.384. The van der Waals surface area contributed by atoms with Gasteiger partial charge in [-0.3, -0.25) is 10.1 Å². The molecule has 0 aliphatic carbocycles. The molecule has 0 fully saturated rings. The Morgan fingerprint density at radius 2 is 1.62 bits per heavy atom. The fourth-order valence-electron chi connectivity index (χ4n) is 2.62. The van der Waals surface area contributed by atoms with Gasteiger partial charge in [-0.15, -0.1) is 0 Å². The average Bonchev–Trinajstić information content (AvgIpc) is 2.63. The maximum absolute atomic E-state index is 12.4. The number of hydrogen-bond acceptors (Lipinski definition) is 5. The maximum atomic E-state index is 12.4. The van der Waals surface area contributed by atoms with Crippen molar-refractivity contribution in [3.8, 4) is 0 Å². The Kier molecular flexibility index (Phi) is 6.84. The first-order chi connectivity index (χ1) is 12.4. The van der Waals surface area contributed by atoms with Crippen molar-refractivity contribution in [3.63, 3.8) is 0 Å². The molecule has 2 rings (SSSR count). The number of sulfonamides is 1. The largest absolute Gasteiger partial charge is 0.309 e. The van der Waals surface area contributed by atoms with Gasteiger partial charge in [0.25, 0.3) is 5.69 Å². The second kappa shape index (κ2) is 8.88. The van der Waals surface area contributed by atoms with Crippen LogP contribution in [0.3, 0.4) is 0 Å². The molecule has 2 aromatic carbocycles. The van der Waals surface area contributed by atoms with Crippen molar-refractivity contribution in [2.24, 2.45) is 0 Å². The van der Waals surface area contributed by atoms with E-state index in [4.69, 9.17) is 0 Å². The van der Waals surface area contributed by atoms with Crippen molar-refractivity contribution in [1.29, 1.82) is 0 Å². The molecule has 26 heavy (non-hydrogen) atoms. The first-order valence-corrected chi connectivity index (χ1v) is 9.85. The SMILES string of the molecule is CCN(CC)S(=O)(=O)c1ccc(CNCc2cccc([N+](=O)[O-])c2)cc1. The van der Waals surface area contributed by atoms with E-state index in [1.807, 2.05) is 19.9 Å². The van der Waals surface area contributed by atoms with E-state index < -0.39 is 14.9 Å². The Bertz CT molecular complexity index is 847. The zero-order valence-corrected chi connectivity index (χ0v) is 15.7. The van der Waals surface area contributed by atoms with E-state index in [1.54, 1.807) is 30.3 Å². The Morgan fingerprint density at radius 3 is 2.19 bits per heavy atom. The molecule has 0 saturated heterocycles. The Hall–Kier alpha value is -2.29. The number of rotatable bonds is 9. The van der Waals surface area contributed by atoms with E-state index in [1.165, 1.54) is 16.4 Å². The molecule has 140 valence electrons. The highest BCUT2D eigenvalue weighted by molar-refractivity contribution is 7.89. The molecule has 0 heterocycles. The second-order valence-electron chi connectivity index (χ2n) is 5.76. The lowest BCUT2D eigenvalue weighted by atomic mass is 10.2. The molecular weight excluding hydrogens is 354 g/mol. The molecule has 0 amide bonds. The Labute approximate surface area is 153 Å². The number of non-ortho nitro benzene ring substituents is 1. The van der Waals surface area contributed by atoms with Gasteiger partial charge in [0.2, 0.25) is 10.0 Å². The molecule has 0 aromatic heterocycles. The smallest absolute Gasteiger partial charge is 0.269 e. The average molecular weight is 377 g/mol. The van der Waals surface area contributed by atoms with Gasteiger partial charge in [-0.25, -0.2) is 8.42 Å². The van der Waals surface area contributed by atoms with Crippen molar-refractivity contribution >= 4 is 15.7 Å². The van der Waals surface area contributed by atoms with Crippen LogP contribution in [0.4, 0.5) is 5.69 Å². The summed E-state index contributed by atoms with van der Waals surface area (Å²) < 4.78 is 26.3. The molecule has 0 saturated carbocycles. The highest BCUT2D eigenvalue weighted by atomic mass is 32.2. The quantitative estimate of drug-likeness (QED) is 0.536. The predicted molar refractivity (Wildman–Crippen MR) is 100 cm³/mol. The van der Waals surface area contributed by atoms with Crippen molar-refractivity contribution in [2.45, 2.75) is 31.8 Å². The monoisotopic (exact) mass is 377 g/mol. The van der Waals surface area contributed by atoms with Crippen molar-refractivity contribution in [1.82, 2.24) is 9.62 Å². The van der Waals surface area contributed by atoms with Gasteiger partial charge in [-0.1, -0.05) is 38.1 Å². The maximum Gasteiger partial charge on any atom is 0.269 e. The van der Waals surface area contributed by atoms with Gasteiger partial charge in [-0.2, -0.15) is 4.31 Å². The van der Waals surface area contributed by atoms with Gasteiger partial charge in [0.1, 0.15) is 0 Å². The molecule has 0 spiro atoms. The summed E-state index contributed by atoms with van der Waals surface area (Å²) in [4.78, 5) is 10.6. The van der Waals surface area contributed by atoms with Crippen LogP contribution in [0.15, 0.2) is 53.4 Å². The molecule has 0 radical (unpaired) electrons. The first-order valence-electron chi connectivity index (χ1n) is 8.41. The molecule has 1 N–H and O–H groups in total. The summed E-state index contributed by atoms with van der Waals surface area (Å²) in [6.45, 7) is 5.52. The standard InChI is InChI=1S/C18H23N3O4S/c1-3-20(4-2)26(24,25)18-10-8-15(9-11-18)13-19-14-16-6-5-7-17(12-16)21(22)23/h5-12,19H,3-4,13-14H2,1-2H3. The zero-order chi connectivity index (χ0) is 19.2. The van der Waals surface area contributed by atoms with Crippen LogP contribution in [0.2, 0.25) is 0 Å². The van der Waals surface area contributed by atoms with Gasteiger partial charge in [0, 0.05) is 38.3 Å².